The number of carboxylic acids is 1. The molecular weight excluding hydrogens is 292 g/mol. The first kappa shape index (κ1) is 15.3. The summed E-state index contributed by atoms with van der Waals surface area (Å²) in [6.45, 7) is 3.85. The third-order valence-corrected chi connectivity index (χ3v) is 4.07. The fourth-order valence-electron chi connectivity index (χ4n) is 2.82. The maximum Gasteiger partial charge on any atom is 0.356 e. The minimum absolute atomic E-state index is 0.0234. The van der Waals surface area contributed by atoms with Crippen LogP contribution in [0, 0.1) is 6.92 Å². The second kappa shape index (κ2) is 6.64. The molecule has 1 aliphatic rings. The van der Waals surface area contributed by atoms with Crippen molar-refractivity contribution in [3.05, 3.63) is 47.9 Å². The molecule has 0 bridgehead atoms. The van der Waals surface area contributed by atoms with Crippen molar-refractivity contribution >= 4 is 17.5 Å². The van der Waals surface area contributed by atoms with Gasteiger partial charge in [-0.2, -0.15) is 0 Å². The number of carbonyl (C=O) groups is 1. The number of carboxylic acid groups (broad SMARTS) is 1. The molecule has 2 aromatic rings. The predicted molar refractivity (Wildman–Crippen MR) is 89.0 cm³/mol. The molecule has 1 fully saturated rings. The standard InChI is InChI=1S/C17H20N4O2/c1-12-3-2-4-14(9-12)20-13-5-7-21(8-6-13)16-11-18-15(10-19-16)17(22)23/h2-4,9-11,13,20H,5-8H2,1H3,(H,22,23). The van der Waals surface area contributed by atoms with Crippen LogP contribution in [0.3, 0.4) is 0 Å². The van der Waals surface area contributed by atoms with Gasteiger partial charge >= 0.3 is 5.97 Å². The fraction of sp³-hybridized carbons (Fsp3) is 0.353. The van der Waals surface area contributed by atoms with E-state index in [0.717, 1.165) is 37.4 Å². The van der Waals surface area contributed by atoms with Crippen molar-refractivity contribution in [2.75, 3.05) is 23.3 Å². The van der Waals surface area contributed by atoms with Crippen molar-refractivity contribution in [2.45, 2.75) is 25.8 Å². The summed E-state index contributed by atoms with van der Waals surface area (Å²) in [5, 5.41) is 12.4. The summed E-state index contributed by atoms with van der Waals surface area (Å²) in [6, 6.07) is 8.84. The molecule has 120 valence electrons. The highest BCUT2D eigenvalue weighted by Gasteiger charge is 2.20. The van der Waals surface area contributed by atoms with Gasteiger partial charge in [0.05, 0.1) is 12.4 Å². The smallest absolute Gasteiger partial charge is 0.356 e. The maximum atomic E-state index is 10.8. The van der Waals surface area contributed by atoms with E-state index in [9.17, 15) is 4.79 Å². The lowest BCUT2D eigenvalue weighted by atomic mass is 10.0. The number of anilines is 2. The van der Waals surface area contributed by atoms with Crippen LogP contribution in [0.1, 0.15) is 28.9 Å². The molecule has 6 nitrogen and oxygen atoms in total. The molecule has 0 spiro atoms. The highest BCUT2D eigenvalue weighted by Crippen LogP contribution is 2.20. The van der Waals surface area contributed by atoms with Crippen molar-refractivity contribution in [1.82, 2.24) is 9.97 Å². The molecule has 0 amide bonds. The van der Waals surface area contributed by atoms with E-state index >= 15 is 0 Å². The fourth-order valence-corrected chi connectivity index (χ4v) is 2.82. The Balaban J connectivity index is 1.56. The van der Waals surface area contributed by atoms with E-state index < -0.39 is 5.97 Å². The number of aromatic nitrogens is 2. The summed E-state index contributed by atoms with van der Waals surface area (Å²) in [5.74, 6) is -0.311. The predicted octanol–water partition coefficient (Wildman–Crippen LogP) is 2.56. The number of nitrogens with zero attached hydrogens (tertiary/aromatic N) is 3. The Labute approximate surface area is 135 Å². The molecule has 2 N–H and O–H groups in total. The first-order valence-corrected chi connectivity index (χ1v) is 7.75. The summed E-state index contributed by atoms with van der Waals surface area (Å²) in [5.41, 5.74) is 2.39. The molecule has 0 radical (unpaired) electrons. The molecule has 3 rings (SSSR count). The Kier molecular flexibility index (Phi) is 4.41. The molecule has 6 heteroatoms. The van der Waals surface area contributed by atoms with Gasteiger partial charge in [0.25, 0.3) is 0 Å². The molecule has 1 aromatic carbocycles. The maximum absolute atomic E-state index is 10.8. The Bertz CT molecular complexity index is 679. The number of benzene rings is 1. The van der Waals surface area contributed by atoms with E-state index in [1.54, 1.807) is 0 Å². The zero-order valence-electron chi connectivity index (χ0n) is 13.1. The van der Waals surface area contributed by atoms with Gasteiger partial charge in [0, 0.05) is 24.8 Å². The van der Waals surface area contributed by atoms with Gasteiger partial charge in [0.1, 0.15) is 5.82 Å². The second-order valence-electron chi connectivity index (χ2n) is 5.84. The summed E-state index contributed by atoms with van der Waals surface area (Å²) in [4.78, 5) is 21.1. The average molecular weight is 312 g/mol. The number of piperidine rings is 1. The first-order chi connectivity index (χ1) is 11.1. The van der Waals surface area contributed by atoms with Gasteiger partial charge in [0.15, 0.2) is 5.69 Å². The van der Waals surface area contributed by atoms with Crippen LogP contribution in [0.4, 0.5) is 11.5 Å². The van der Waals surface area contributed by atoms with Gasteiger partial charge in [-0.1, -0.05) is 12.1 Å². The SMILES string of the molecule is Cc1cccc(NC2CCN(c3cnc(C(=O)O)cn3)CC2)c1. The van der Waals surface area contributed by atoms with E-state index in [4.69, 9.17) is 5.11 Å². The van der Waals surface area contributed by atoms with E-state index in [2.05, 4.69) is 51.4 Å². The monoisotopic (exact) mass is 312 g/mol. The number of aryl methyl sites for hydroxylation is 1. The second-order valence-corrected chi connectivity index (χ2v) is 5.84. The summed E-state index contributed by atoms with van der Waals surface area (Å²) < 4.78 is 0. The van der Waals surface area contributed by atoms with Crippen LogP contribution in [-0.4, -0.2) is 40.2 Å². The third-order valence-electron chi connectivity index (χ3n) is 4.07. The largest absolute Gasteiger partial charge is 0.476 e. The van der Waals surface area contributed by atoms with Gasteiger partial charge in [-0.3, -0.25) is 0 Å². The van der Waals surface area contributed by atoms with Crippen LogP contribution >= 0.6 is 0 Å². The molecular formula is C17H20N4O2. The third kappa shape index (κ3) is 3.77. The van der Waals surface area contributed by atoms with Gasteiger partial charge in [0.2, 0.25) is 0 Å². The number of hydrogen-bond acceptors (Lipinski definition) is 5. The van der Waals surface area contributed by atoms with Crippen LogP contribution in [0.5, 0.6) is 0 Å². The van der Waals surface area contributed by atoms with E-state index in [1.165, 1.54) is 18.0 Å². The zero-order valence-corrected chi connectivity index (χ0v) is 13.1. The number of hydrogen-bond donors (Lipinski definition) is 2. The Hall–Kier alpha value is -2.63. The molecule has 0 aliphatic carbocycles. The molecule has 0 unspecified atom stereocenters. The minimum atomic E-state index is -1.05. The lowest BCUT2D eigenvalue weighted by Gasteiger charge is -2.33. The topological polar surface area (TPSA) is 78.4 Å². The van der Waals surface area contributed by atoms with E-state index in [-0.39, 0.29) is 5.69 Å². The molecule has 0 atom stereocenters. The Morgan fingerprint density at radius 3 is 2.65 bits per heavy atom. The molecule has 2 heterocycles. The summed E-state index contributed by atoms with van der Waals surface area (Å²) >= 11 is 0. The van der Waals surface area contributed by atoms with Gasteiger partial charge in [-0.05, 0) is 37.5 Å². The number of rotatable bonds is 4. The highest BCUT2D eigenvalue weighted by molar-refractivity contribution is 5.84. The lowest BCUT2D eigenvalue weighted by Crippen LogP contribution is -2.39. The minimum Gasteiger partial charge on any atom is -0.476 e. The molecule has 0 saturated carbocycles. The average Bonchev–Trinajstić information content (AvgIpc) is 2.56. The normalized spacial score (nSPS) is 15.4. The van der Waals surface area contributed by atoms with Crippen molar-refractivity contribution in [2.24, 2.45) is 0 Å². The highest BCUT2D eigenvalue weighted by atomic mass is 16.4. The van der Waals surface area contributed by atoms with Crippen molar-refractivity contribution < 1.29 is 9.90 Å². The van der Waals surface area contributed by atoms with Crippen LogP contribution in [-0.2, 0) is 0 Å². The molecule has 23 heavy (non-hydrogen) atoms. The van der Waals surface area contributed by atoms with Crippen molar-refractivity contribution in [3.63, 3.8) is 0 Å². The van der Waals surface area contributed by atoms with Crippen LogP contribution < -0.4 is 10.2 Å². The van der Waals surface area contributed by atoms with Crippen LogP contribution in [0.2, 0.25) is 0 Å². The summed E-state index contributed by atoms with van der Waals surface area (Å²) in [6.07, 6.45) is 4.87. The lowest BCUT2D eigenvalue weighted by molar-refractivity contribution is 0.0690. The van der Waals surface area contributed by atoms with Crippen molar-refractivity contribution in [1.29, 1.82) is 0 Å². The van der Waals surface area contributed by atoms with Gasteiger partial charge in [-0.15, -0.1) is 0 Å². The van der Waals surface area contributed by atoms with Crippen LogP contribution in [0.25, 0.3) is 0 Å². The van der Waals surface area contributed by atoms with Crippen molar-refractivity contribution in [3.8, 4) is 0 Å². The quantitative estimate of drug-likeness (QED) is 0.903. The van der Waals surface area contributed by atoms with E-state index in [1.807, 2.05) is 0 Å². The zero-order chi connectivity index (χ0) is 16.2. The molecule has 1 saturated heterocycles. The molecule has 1 aromatic heterocycles. The Morgan fingerprint density at radius 1 is 1.26 bits per heavy atom. The summed E-state index contributed by atoms with van der Waals surface area (Å²) in [7, 11) is 0. The number of nitrogens with one attached hydrogen (secondary N) is 1. The van der Waals surface area contributed by atoms with E-state index in [0.29, 0.717) is 6.04 Å². The number of aromatic carboxylic acids is 1. The molecule has 1 aliphatic heterocycles. The van der Waals surface area contributed by atoms with Gasteiger partial charge < -0.3 is 15.3 Å². The Morgan fingerprint density at radius 2 is 2.04 bits per heavy atom. The van der Waals surface area contributed by atoms with Gasteiger partial charge in [-0.25, -0.2) is 14.8 Å². The first-order valence-electron chi connectivity index (χ1n) is 7.75. The van der Waals surface area contributed by atoms with Crippen LogP contribution in [0.15, 0.2) is 36.7 Å².